The SMILES string of the molecule is Cc1nnc2n1N=C(c1ccccc1)C(S(=O)(=O)c1ccc(Cl)cc1)S2. The van der Waals surface area contributed by atoms with Crippen molar-refractivity contribution >= 4 is 38.9 Å². The zero-order valence-corrected chi connectivity index (χ0v) is 16.0. The topological polar surface area (TPSA) is 77.2 Å². The molecule has 3 aromatic rings. The first-order chi connectivity index (χ1) is 12.5. The number of rotatable bonds is 3. The van der Waals surface area contributed by atoms with Gasteiger partial charge in [-0.15, -0.1) is 10.2 Å². The van der Waals surface area contributed by atoms with E-state index in [-0.39, 0.29) is 4.90 Å². The third-order valence-electron chi connectivity index (χ3n) is 3.90. The molecule has 1 atom stereocenters. The van der Waals surface area contributed by atoms with Crippen molar-refractivity contribution in [1.82, 2.24) is 14.9 Å². The molecule has 2 aromatic carbocycles. The highest BCUT2D eigenvalue weighted by atomic mass is 35.5. The first-order valence-corrected chi connectivity index (χ1v) is 10.5. The van der Waals surface area contributed by atoms with E-state index in [0.29, 0.717) is 21.7 Å². The maximum Gasteiger partial charge on any atom is 0.213 e. The Morgan fingerprint density at radius 1 is 1.04 bits per heavy atom. The van der Waals surface area contributed by atoms with E-state index in [2.05, 4.69) is 15.3 Å². The molecule has 0 spiro atoms. The van der Waals surface area contributed by atoms with Gasteiger partial charge in [0.15, 0.2) is 20.2 Å². The van der Waals surface area contributed by atoms with E-state index < -0.39 is 14.4 Å². The summed E-state index contributed by atoms with van der Waals surface area (Å²) in [7, 11) is -3.72. The van der Waals surface area contributed by atoms with Crippen molar-refractivity contribution in [3.63, 3.8) is 0 Å². The Morgan fingerprint density at radius 2 is 1.73 bits per heavy atom. The van der Waals surface area contributed by atoms with Crippen LogP contribution in [0, 0.1) is 6.92 Å². The van der Waals surface area contributed by atoms with Gasteiger partial charge in [0.2, 0.25) is 5.16 Å². The summed E-state index contributed by atoms with van der Waals surface area (Å²) in [6.45, 7) is 1.77. The molecule has 4 rings (SSSR count). The van der Waals surface area contributed by atoms with Crippen molar-refractivity contribution < 1.29 is 8.42 Å². The minimum atomic E-state index is -3.72. The normalized spacial score (nSPS) is 16.8. The molecule has 9 heteroatoms. The molecule has 0 saturated heterocycles. The number of hydrogen-bond acceptors (Lipinski definition) is 6. The standard InChI is InChI=1S/C17H13ClN4O2S2/c1-11-19-20-17-22(11)21-15(12-5-3-2-4-6-12)16(25-17)26(23,24)14-9-7-13(18)8-10-14/h2-10,16H,1H3. The summed E-state index contributed by atoms with van der Waals surface area (Å²) in [5.41, 5.74) is 1.18. The Bertz CT molecular complexity index is 1090. The van der Waals surface area contributed by atoms with E-state index in [1.165, 1.54) is 12.1 Å². The van der Waals surface area contributed by atoms with Crippen molar-refractivity contribution in [3.05, 3.63) is 71.0 Å². The molecule has 2 heterocycles. The minimum absolute atomic E-state index is 0.188. The van der Waals surface area contributed by atoms with Crippen molar-refractivity contribution in [2.75, 3.05) is 0 Å². The van der Waals surface area contributed by atoms with Crippen LogP contribution in [0.15, 0.2) is 69.8 Å². The molecule has 0 aliphatic carbocycles. The maximum absolute atomic E-state index is 13.3. The predicted octanol–water partition coefficient (Wildman–Crippen LogP) is 3.40. The quantitative estimate of drug-likeness (QED) is 0.668. The van der Waals surface area contributed by atoms with E-state index in [0.717, 1.165) is 17.3 Å². The summed E-state index contributed by atoms with van der Waals surface area (Å²) < 4.78 is 27.2. The van der Waals surface area contributed by atoms with Crippen molar-refractivity contribution in [1.29, 1.82) is 0 Å². The number of benzene rings is 2. The highest BCUT2D eigenvalue weighted by Crippen LogP contribution is 2.36. The molecule has 0 N–H and O–H groups in total. The Balaban J connectivity index is 1.88. The van der Waals surface area contributed by atoms with Gasteiger partial charge in [0.1, 0.15) is 0 Å². The van der Waals surface area contributed by atoms with Gasteiger partial charge >= 0.3 is 0 Å². The van der Waals surface area contributed by atoms with Gasteiger partial charge in [0.25, 0.3) is 0 Å². The predicted molar refractivity (Wildman–Crippen MR) is 101 cm³/mol. The van der Waals surface area contributed by atoms with Gasteiger partial charge in [-0.2, -0.15) is 9.78 Å². The number of aryl methyl sites for hydroxylation is 1. The van der Waals surface area contributed by atoms with Gasteiger partial charge in [-0.3, -0.25) is 0 Å². The summed E-state index contributed by atoms with van der Waals surface area (Å²) in [6.07, 6.45) is 0. The van der Waals surface area contributed by atoms with Crippen LogP contribution in [0.5, 0.6) is 0 Å². The number of hydrogen-bond donors (Lipinski definition) is 0. The fourth-order valence-corrected chi connectivity index (χ4v) is 5.91. The van der Waals surface area contributed by atoms with Crippen LogP contribution in [0.1, 0.15) is 11.4 Å². The van der Waals surface area contributed by atoms with Crippen LogP contribution in [-0.2, 0) is 9.84 Å². The second-order valence-electron chi connectivity index (χ2n) is 5.64. The molecule has 0 fully saturated rings. The van der Waals surface area contributed by atoms with E-state index in [4.69, 9.17) is 11.6 Å². The van der Waals surface area contributed by atoms with Crippen LogP contribution in [0.25, 0.3) is 0 Å². The van der Waals surface area contributed by atoms with Crippen LogP contribution in [-0.4, -0.2) is 33.6 Å². The number of aromatic nitrogens is 3. The number of halogens is 1. The summed E-state index contributed by atoms with van der Waals surface area (Å²) in [5, 5.41) is 13.5. The first kappa shape index (κ1) is 17.3. The Labute approximate surface area is 159 Å². The van der Waals surface area contributed by atoms with Crippen LogP contribution in [0.2, 0.25) is 5.02 Å². The molecule has 132 valence electrons. The molecule has 0 saturated carbocycles. The van der Waals surface area contributed by atoms with Crippen LogP contribution in [0.3, 0.4) is 0 Å². The van der Waals surface area contributed by atoms with E-state index in [1.54, 1.807) is 23.7 Å². The number of sulfone groups is 1. The molecule has 6 nitrogen and oxygen atoms in total. The Hall–Kier alpha value is -2.16. The molecule has 1 aromatic heterocycles. The zero-order valence-electron chi connectivity index (χ0n) is 13.6. The molecule has 0 amide bonds. The average molecular weight is 405 g/mol. The molecule has 26 heavy (non-hydrogen) atoms. The second-order valence-corrected chi connectivity index (χ2v) is 9.48. The zero-order chi connectivity index (χ0) is 18.3. The first-order valence-electron chi connectivity index (χ1n) is 7.69. The average Bonchev–Trinajstić information content (AvgIpc) is 3.02. The smallest absolute Gasteiger partial charge is 0.213 e. The fourth-order valence-electron chi connectivity index (χ4n) is 2.59. The van der Waals surface area contributed by atoms with E-state index in [9.17, 15) is 8.42 Å². The summed E-state index contributed by atoms with van der Waals surface area (Å²) in [4.78, 5) is 0.188. The van der Waals surface area contributed by atoms with Crippen molar-refractivity contribution in [3.8, 4) is 0 Å². The minimum Gasteiger partial charge on any atom is -0.222 e. The summed E-state index contributed by atoms with van der Waals surface area (Å²) in [5.74, 6) is 0.600. The van der Waals surface area contributed by atoms with E-state index in [1.807, 2.05) is 30.3 Å². The molecular formula is C17H13ClN4O2S2. The van der Waals surface area contributed by atoms with Crippen LogP contribution in [0.4, 0.5) is 0 Å². The third kappa shape index (κ3) is 2.94. The fraction of sp³-hybridized carbons (Fsp3) is 0.118. The lowest BCUT2D eigenvalue weighted by molar-refractivity contribution is 0.597. The maximum atomic E-state index is 13.3. The Morgan fingerprint density at radius 3 is 2.42 bits per heavy atom. The second kappa shape index (κ2) is 6.53. The Kier molecular flexibility index (Phi) is 4.34. The lowest BCUT2D eigenvalue weighted by Crippen LogP contribution is -2.32. The molecule has 0 bridgehead atoms. The van der Waals surface area contributed by atoms with Gasteiger partial charge in [-0.25, -0.2) is 8.42 Å². The summed E-state index contributed by atoms with van der Waals surface area (Å²) in [6, 6.07) is 15.4. The van der Waals surface area contributed by atoms with Gasteiger partial charge in [-0.05, 0) is 31.2 Å². The van der Waals surface area contributed by atoms with E-state index >= 15 is 0 Å². The number of nitrogens with zero attached hydrogens (tertiary/aromatic N) is 4. The van der Waals surface area contributed by atoms with Crippen molar-refractivity contribution in [2.24, 2.45) is 5.10 Å². The van der Waals surface area contributed by atoms with Crippen LogP contribution < -0.4 is 0 Å². The monoisotopic (exact) mass is 404 g/mol. The summed E-state index contributed by atoms with van der Waals surface area (Å²) >= 11 is 7.02. The molecule has 0 radical (unpaired) electrons. The molecule has 1 unspecified atom stereocenters. The highest BCUT2D eigenvalue weighted by molar-refractivity contribution is 8.14. The van der Waals surface area contributed by atoms with Gasteiger partial charge < -0.3 is 0 Å². The lowest BCUT2D eigenvalue weighted by Gasteiger charge is -2.23. The lowest BCUT2D eigenvalue weighted by atomic mass is 10.1. The molecule has 1 aliphatic heterocycles. The van der Waals surface area contributed by atoms with Crippen LogP contribution >= 0.6 is 23.4 Å². The molecular weight excluding hydrogens is 392 g/mol. The van der Waals surface area contributed by atoms with Crippen molar-refractivity contribution in [2.45, 2.75) is 21.6 Å². The van der Waals surface area contributed by atoms with Gasteiger partial charge in [-0.1, -0.05) is 53.7 Å². The van der Waals surface area contributed by atoms with Gasteiger partial charge in [0, 0.05) is 10.6 Å². The number of fused-ring (bicyclic) bond motifs is 1. The van der Waals surface area contributed by atoms with Gasteiger partial charge in [0.05, 0.1) is 10.6 Å². The molecule has 1 aliphatic rings. The third-order valence-corrected chi connectivity index (χ3v) is 7.82. The highest BCUT2D eigenvalue weighted by Gasteiger charge is 2.38. The largest absolute Gasteiger partial charge is 0.222 e. The number of thioether (sulfide) groups is 1.